The number of hydrogen-bond donors (Lipinski definition) is 0. The molecule has 132 valence electrons. The Balaban J connectivity index is 0. The SMILES string of the molecule is C=CC(=O)CC[N+](C)(C)CCCCCCCCCCCC.[Cl-]. The van der Waals surface area contributed by atoms with Gasteiger partial charge in [0, 0.05) is 0 Å². The number of carbonyl (C=O) groups is 1. The Morgan fingerprint density at radius 2 is 1.32 bits per heavy atom. The summed E-state index contributed by atoms with van der Waals surface area (Å²) in [7, 11) is 4.45. The number of allylic oxidation sites excluding steroid dienone is 1. The van der Waals surface area contributed by atoms with Crippen LogP contribution in [0, 0.1) is 0 Å². The van der Waals surface area contributed by atoms with E-state index < -0.39 is 0 Å². The molecule has 0 aromatic heterocycles. The second-order valence-electron chi connectivity index (χ2n) is 6.99. The van der Waals surface area contributed by atoms with Crippen molar-refractivity contribution in [2.75, 3.05) is 27.2 Å². The van der Waals surface area contributed by atoms with E-state index in [1.54, 1.807) is 0 Å². The molecule has 0 bridgehead atoms. The van der Waals surface area contributed by atoms with Gasteiger partial charge in [-0.2, -0.15) is 0 Å². The van der Waals surface area contributed by atoms with Gasteiger partial charge in [0.05, 0.1) is 33.6 Å². The Kier molecular flexibility index (Phi) is 16.9. The van der Waals surface area contributed by atoms with E-state index in [2.05, 4.69) is 27.6 Å². The highest BCUT2D eigenvalue weighted by molar-refractivity contribution is 5.89. The average Bonchev–Trinajstić information content (AvgIpc) is 2.46. The number of quaternary nitrogens is 1. The minimum Gasteiger partial charge on any atom is -1.00 e. The number of carbonyl (C=O) groups excluding carboxylic acids is 1. The molecule has 0 rings (SSSR count). The van der Waals surface area contributed by atoms with Crippen molar-refractivity contribution in [3.8, 4) is 0 Å². The first kappa shape index (κ1) is 23.9. The highest BCUT2D eigenvalue weighted by atomic mass is 35.5. The molecule has 0 saturated heterocycles. The van der Waals surface area contributed by atoms with Gasteiger partial charge in [0.15, 0.2) is 5.78 Å². The number of nitrogens with zero attached hydrogens (tertiary/aromatic N) is 1. The van der Waals surface area contributed by atoms with Crippen LogP contribution in [-0.4, -0.2) is 37.5 Å². The lowest BCUT2D eigenvalue weighted by Crippen LogP contribution is -3.00. The molecular weight excluding hydrogens is 294 g/mol. The topological polar surface area (TPSA) is 17.1 Å². The second kappa shape index (κ2) is 15.6. The highest BCUT2D eigenvalue weighted by Gasteiger charge is 2.15. The number of ketones is 1. The van der Waals surface area contributed by atoms with Crippen molar-refractivity contribution in [3.63, 3.8) is 0 Å². The third-order valence-corrected chi connectivity index (χ3v) is 4.31. The van der Waals surface area contributed by atoms with Crippen LogP contribution in [0.5, 0.6) is 0 Å². The van der Waals surface area contributed by atoms with Crippen molar-refractivity contribution < 1.29 is 21.7 Å². The lowest BCUT2D eigenvalue weighted by molar-refractivity contribution is -0.889. The maximum Gasteiger partial charge on any atom is 0.160 e. The third kappa shape index (κ3) is 16.0. The Morgan fingerprint density at radius 3 is 1.77 bits per heavy atom. The molecule has 0 aromatic carbocycles. The van der Waals surface area contributed by atoms with Crippen LogP contribution in [0.3, 0.4) is 0 Å². The molecule has 0 amide bonds. The van der Waals surface area contributed by atoms with Crippen LogP contribution in [0.15, 0.2) is 12.7 Å². The fourth-order valence-electron chi connectivity index (χ4n) is 2.65. The molecule has 0 aliphatic rings. The summed E-state index contributed by atoms with van der Waals surface area (Å²) in [6.07, 6.45) is 15.9. The maximum atomic E-state index is 11.3. The van der Waals surface area contributed by atoms with E-state index in [1.807, 2.05) is 0 Å². The number of unbranched alkanes of at least 4 members (excludes halogenated alkanes) is 9. The van der Waals surface area contributed by atoms with Gasteiger partial charge in [0.1, 0.15) is 0 Å². The van der Waals surface area contributed by atoms with Gasteiger partial charge in [0.25, 0.3) is 0 Å². The van der Waals surface area contributed by atoms with Crippen LogP contribution in [0.1, 0.15) is 77.6 Å². The minimum absolute atomic E-state index is 0. The summed E-state index contributed by atoms with van der Waals surface area (Å²) in [6.45, 7) is 7.92. The summed E-state index contributed by atoms with van der Waals surface area (Å²) in [6, 6.07) is 0. The summed E-state index contributed by atoms with van der Waals surface area (Å²) >= 11 is 0. The largest absolute Gasteiger partial charge is 1.00 e. The van der Waals surface area contributed by atoms with Crippen LogP contribution in [0.2, 0.25) is 0 Å². The van der Waals surface area contributed by atoms with Gasteiger partial charge in [-0.15, -0.1) is 0 Å². The van der Waals surface area contributed by atoms with Crippen molar-refractivity contribution in [2.24, 2.45) is 0 Å². The first-order chi connectivity index (χ1) is 10.0. The van der Waals surface area contributed by atoms with E-state index in [0.29, 0.717) is 6.42 Å². The Labute approximate surface area is 145 Å². The maximum absolute atomic E-state index is 11.3. The zero-order chi connectivity index (χ0) is 16.0. The molecule has 0 aliphatic heterocycles. The van der Waals surface area contributed by atoms with Crippen LogP contribution < -0.4 is 12.4 Å². The predicted octanol–water partition coefficient (Wildman–Crippen LogP) is 2.13. The molecule has 0 fully saturated rings. The average molecular weight is 332 g/mol. The zero-order valence-corrected chi connectivity index (χ0v) is 16.0. The van der Waals surface area contributed by atoms with Crippen LogP contribution in [-0.2, 0) is 4.79 Å². The van der Waals surface area contributed by atoms with Crippen molar-refractivity contribution in [2.45, 2.75) is 77.6 Å². The molecule has 0 radical (unpaired) electrons. The quantitative estimate of drug-likeness (QED) is 0.255. The molecule has 0 saturated carbocycles. The van der Waals surface area contributed by atoms with Crippen molar-refractivity contribution in [1.82, 2.24) is 0 Å². The molecular formula is C19H38ClNO. The molecule has 0 unspecified atom stereocenters. The molecule has 0 aliphatic carbocycles. The standard InChI is InChI=1S/C19H38NO.ClH/c1-5-7-8-9-10-11-12-13-14-15-17-20(3,4)18-16-19(21)6-2;/h6H,2,5,7-18H2,1,3-4H3;1H/q+1;/p-1. The van der Waals surface area contributed by atoms with Gasteiger partial charge in [-0.1, -0.05) is 64.9 Å². The highest BCUT2D eigenvalue weighted by Crippen LogP contribution is 2.12. The van der Waals surface area contributed by atoms with Gasteiger partial charge in [-0.05, 0) is 18.9 Å². The monoisotopic (exact) mass is 331 g/mol. The van der Waals surface area contributed by atoms with E-state index in [4.69, 9.17) is 0 Å². The molecule has 0 atom stereocenters. The van der Waals surface area contributed by atoms with E-state index >= 15 is 0 Å². The summed E-state index contributed by atoms with van der Waals surface area (Å²) in [5.74, 6) is 0.171. The molecule has 0 aromatic rings. The number of hydrogen-bond acceptors (Lipinski definition) is 1. The molecule has 0 heterocycles. The van der Waals surface area contributed by atoms with Gasteiger partial charge in [0.2, 0.25) is 0 Å². The summed E-state index contributed by atoms with van der Waals surface area (Å²) in [4.78, 5) is 11.3. The van der Waals surface area contributed by atoms with Crippen LogP contribution in [0.4, 0.5) is 0 Å². The van der Waals surface area contributed by atoms with E-state index in [-0.39, 0.29) is 18.2 Å². The zero-order valence-electron chi connectivity index (χ0n) is 15.2. The fourth-order valence-corrected chi connectivity index (χ4v) is 2.65. The predicted molar refractivity (Wildman–Crippen MR) is 93.5 cm³/mol. The normalized spacial score (nSPS) is 11.0. The summed E-state index contributed by atoms with van der Waals surface area (Å²) in [5, 5.41) is 0. The van der Waals surface area contributed by atoms with Crippen molar-refractivity contribution in [3.05, 3.63) is 12.7 Å². The molecule has 0 N–H and O–H groups in total. The van der Waals surface area contributed by atoms with Gasteiger partial charge in [-0.25, -0.2) is 0 Å². The smallest absolute Gasteiger partial charge is 0.160 e. The Bertz CT molecular complexity index is 277. The first-order valence-corrected chi connectivity index (χ1v) is 8.99. The van der Waals surface area contributed by atoms with E-state index in [1.165, 1.54) is 76.8 Å². The lowest BCUT2D eigenvalue weighted by atomic mass is 10.1. The Hall–Kier alpha value is -0.340. The van der Waals surface area contributed by atoms with Gasteiger partial charge < -0.3 is 16.9 Å². The third-order valence-electron chi connectivity index (χ3n) is 4.31. The molecule has 22 heavy (non-hydrogen) atoms. The van der Waals surface area contributed by atoms with Gasteiger partial charge >= 0.3 is 0 Å². The first-order valence-electron chi connectivity index (χ1n) is 8.99. The lowest BCUT2D eigenvalue weighted by Gasteiger charge is -2.29. The number of rotatable bonds is 15. The van der Waals surface area contributed by atoms with Gasteiger partial charge in [-0.3, -0.25) is 4.79 Å². The van der Waals surface area contributed by atoms with Crippen molar-refractivity contribution >= 4 is 5.78 Å². The minimum atomic E-state index is 0. The van der Waals surface area contributed by atoms with E-state index in [9.17, 15) is 4.79 Å². The second-order valence-corrected chi connectivity index (χ2v) is 6.99. The summed E-state index contributed by atoms with van der Waals surface area (Å²) < 4.78 is 0.955. The molecule has 3 heteroatoms. The van der Waals surface area contributed by atoms with E-state index in [0.717, 1.165) is 11.0 Å². The van der Waals surface area contributed by atoms with Crippen LogP contribution in [0.25, 0.3) is 0 Å². The fraction of sp³-hybridized carbons (Fsp3) is 0.842. The molecule has 2 nitrogen and oxygen atoms in total. The summed E-state index contributed by atoms with van der Waals surface area (Å²) in [5.41, 5.74) is 0. The van der Waals surface area contributed by atoms with Crippen LogP contribution >= 0.6 is 0 Å². The number of halogens is 1. The molecule has 0 spiro atoms. The van der Waals surface area contributed by atoms with Crippen molar-refractivity contribution in [1.29, 1.82) is 0 Å². The Morgan fingerprint density at radius 1 is 0.864 bits per heavy atom.